The van der Waals surface area contributed by atoms with Crippen molar-refractivity contribution >= 4 is 17.3 Å². The second-order valence-corrected chi connectivity index (χ2v) is 15.3. The Morgan fingerprint density at radius 1 is 1.09 bits per heavy atom. The quantitative estimate of drug-likeness (QED) is 0.346. The maximum Gasteiger partial charge on any atom is 0.193 e. The minimum Gasteiger partial charge on any atom is -0.399 e. The van der Waals surface area contributed by atoms with Crippen LogP contribution in [0.5, 0.6) is 0 Å². The molecule has 46 heavy (non-hydrogen) atoms. The fourth-order valence-corrected chi connectivity index (χ4v) is 10.4. The average molecular weight is 626 g/mol. The Kier molecular flexibility index (Phi) is 6.68. The SMILES string of the molecule is C[C@]12C=CC(=O)C=C1CC[C@@H]1[C@@H]2[C@@H](O)C[C@@]2(C)[C@H]1C[C@H]1O[C@@H](c3ccc(Cc4cc(N)cc(C5(O)CC5)c4)cc3)O[C@]12C(=O)CO. The van der Waals surface area contributed by atoms with Gasteiger partial charge in [-0.2, -0.15) is 0 Å². The van der Waals surface area contributed by atoms with Crippen molar-refractivity contribution < 1.29 is 34.4 Å². The summed E-state index contributed by atoms with van der Waals surface area (Å²) in [5, 5.41) is 32.7. The molecule has 5 fully saturated rings. The van der Waals surface area contributed by atoms with Crippen molar-refractivity contribution in [2.75, 3.05) is 12.3 Å². The van der Waals surface area contributed by atoms with Crippen molar-refractivity contribution in [3.8, 4) is 0 Å². The molecule has 2 aromatic rings. The lowest BCUT2D eigenvalue weighted by atomic mass is 9.46. The molecule has 0 bridgehead atoms. The first-order chi connectivity index (χ1) is 21.9. The van der Waals surface area contributed by atoms with Crippen molar-refractivity contribution in [1.29, 1.82) is 0 Å². The summed E-state index contributed by atoms with van der Waals surface area (Å²) >= 11 is 0. The molecular formula is C38H43NO7. The molecule has 9 atom stereocenters. The molecule has 0 radical (unpaired) electrons. The number of aliphatic hydroxyl groups excluding tert-OH is 2. The van der Waals surface area contributed by atoms with Gasteiger partial charge < -0.3 is 30.5 Å². The number of Topliss-reactive ketones (excluding diaryl/α,β-unsaturated/α-hetero) is 1. The lowest BCUT2D eigenvalue weighted by Gasteiger charge is -2.59. The lowest BCUT2D eigenvalue weighted by molar-refractivity contribution is -0.201. The van der Waals surface area contributed by atoms with Crippen LogP contribution in [0.2, 0.25) is 0 Å². The van der Waals surface area contributed by atoms with Gasteiger partial charge in [0.1, 0.15) is 6.61 Å². The number of carbonyl (C=O) groups is 2. The molecule has 0 spiro atoms. The van der Waals surface area contributed by atoms with E-state index in [4.69, 9.17) is 15.2 Å². The molecule has 1 heterocycles. The van der Waals surface area contributed by atoms with Gasteiger partial charge >= 0.3 is 0 Å². The summed E-state index contributed by atoms with van der Waals surface area (Å²) in [5.41, 5.74) is 8.33. The number of ether oxygens (including phenoxy) is 2. The number of carbonyl (C=O) groups excluding carboxylic acids is 2. The summed E-state index contributed by atoms with van der Waals surface area (Å²) in [6.07, 6.45) is 7.99. The second-order valence-electron chi connectivity index (χ2n) is 15.3. The fraction of sp³-hybridized carbons (Fsp3) is 0.526. The zero-order valence-electron chi connectivity index (χ0n) is 26.4. The summed E-state index contributed by atoms with van der Waals surface area (Å²) < 4.78 is 13.3. The maximum atomic E-state index is 13.8. The zero-order chi connectivity index (χ0) is 32.2. The number of nitrogens with two attached hydrogens (primary N) is 1. The number of benzene rings is 2. The van der Waals surface area contributed by atoms with Gasteiger partial charge in [0.15, 0.2) is 23.5 Å². The summed E-state index contributed by atoms with van der Waals surface area (Å²) in [7, 11) is 0. The van der Waals surface area contributed by atoms with Crippen LogP contribution >= 0.6 is 0 Å². The van der Waals surface area contributed by atoms with E-state index in [-0.39, 0.29) is 23.5 Å². The van der Waals surface area contributed by atoms with Gasteiger partial charge in [-0.25, -0.2) is 0 Å². The Labute approximate surface area is 269 Å². The van der Waals surface area contributed by atoms with Crippen LogP contribution in [0.1, 0.15) is 80.9 Å². The summed E-state index contributed by atoms with van der Waals surface area (Å²) in [4.78, 5) is 26.0. The van der Waals surface area contributed by atoms with Gasteiger partial charge in [0.05, 0.1) is 17.8 Å². The predicted octanol–water partition coefficient (Wildman–Crippen LogP) is 4.44. The van der Waals surface area contributed by atoms with Crippen LogP contribution in [-0.2, 0) is 31.1 Å². The Bertz CT molecular complexity index is 1680. The van der Waals surface area contributed by atoms with E-state index in [9.17, 15) is 24.9 Å². The van der Waals surface area contributed by atoms with Gasteiger partial charge in [-0.3, -0.25) is 9.59 Å². The molecule has 1 aliphatic heterocycles. The third kappa shape index (κ3) is 4.23. The highest BCUT2D eigenvalue weighted by Gasteiger charge is 2.75. The molecule has 5 N–H and O–H groups in total. The average Bonchev–Trinajstić information content (AvgIpc) is 3.57. The highest BCUT2D eigenvalue weighted by Crippen LogP contribution is 2.70. The molecule has 0 aromatic heterocycles. The topological polar surface area (TPSA) is 139 Å². The number of allylic oxidation sites excluding steroid dienone is 4. The Morgan fingerprint density at radius 3 is 2.57 bits per heavy atom. The molecule has 0 amide bonds. The van der Waals surface area contributed by atoms with E-state index in [1.165, 1.54) is 0 Å². The van der Waals surface area contributed by atoms with Crippen molar-refractivity contribution in [2.24, 2.45) is 28.6 Å². The number of aliphatic hydroxyl groups is 3. The summed E-state index contributed by atoms with van der Waals surface area (Å²) in [6.45, 7) is 3.51. The van der Waals surface area contributed by atoms with Gasteiger partial charge in [-0.1, -0.05) is 55.8 Å². The number of hydrogen-bond donors (Lipinski definition) is 4. The highest BCUT2D eigenvalue weighted by molar-refractivity contribution is 6.01. The Balaban J connectivity index is 1.06. The molecule has 8 rings (SSSR count). The van der Waals surface area contributed by atoms with Gasteiger partial charge in [0.2, 0.25) is 0 Å². The third-order valence-corrected chi connectivity index (χ3v) is 12.7. The Morgan fingerprint density at radius 2 is 1.85 bits per heavy atom. The van der Waals surface area contributed by atoms with Gasteiger partial charge in [-0.05, 0) is 97.8 Å². The van der Waals surface area contributed by atoms with E-state index in [1.807, 2.05) is 55.5 Å². The van der Waals surface area contributed by atoms with Crippen LogP contribution in [0, 0.1) is 28.6 Å². The van der Waals surface area contributed by atoms with Crippen LogP contribution in [0.3, 0.4) is 0 Å². The van der Waals surface area contributed by atoms with E-state index >= 15 is 0 Å². The first kappa shape index (κ1) is 30.2. The number of nitrogen functional groups attached to an aromatic ring is 1. The first-order valence-corrected chi connectivity index (χ1v) is 16.7. The first-order valence-electron chi connectivity index (χ1n) is 16.7. The van der Waals surface area contributed by atoms with E-state index in [0.717, 1.165) is 53.5 Å². The fourth-order valence-electron chi connectivity index (χ4n) is 10.4. The third-order valence-electron chi connectivity index (χ3n) is 12.7. The number of fused-ring (bicyclic) bond motifs is 7. The maximum absolute atomic E-state index is 13.8. The molecule has 4 saturated carbocycles. The molecule has 0 unspecified atom stereocenters. The number of ketones is 2. The van der Waals surface area contributed by atoms with Crippen molar-refractivity contribution in [3.05, 3.63) is 88.5 Å². The summed E-state index contributed by atoms with van der Waals surface area (Å²) in [5.74, 6) is -0.321. The van der Waals surface area contributed by atoms with Crippen molar-refractivity contribution in [1.82, 2.24) is 0 Å². The van der Waals surface area contributed by atoms with Crippen LogP contribution in [0.15, 0.2) is 66.3 Å². The molecule has 242 valence electrons. The van der Waals surface area contributed by atoms with E-state index in [0.29, 0.717) is 24.9 Å². The molecule has 2 aromatic carbocycles. The van der Waals surface area contributed by atoms with Gasteiger partial charge in [0.25, 0.3) is 0 Å². The van der Waals surface area contributed by atoms with Crippen LogP contribution in [-0.4, -0.2) is 51.3 Å². The van der Waals surface area contributed by atoms with E-state index < -0.39 is 52.9 Å². The molecule has 8 nitrogen and oxygen atoms in total. The Hall–Kier alpha value is -3.14. The molecule has 5 aliphatic carbocycles. The number of anilines is 1. The standard InChI is InChI=1S/C38H43NO7/c1-35-10-9-27(41)17-24(35)7-8-28-29-18-32-38(31(43)20-40,36(29,2)19-30(42)33(28)35)46-34(45-32)23-5-3-21(4-6-23)13-22-14-25(16-26(39)15-22)37(44)11-12-37/h3-6,9-10,14-17,28-30,32-34,40,42,44H,7-8,11-13,18-20,39H2,1-2H3/t28-,29-,30-,32+,33+,34+,35-,36-,38+/m0/s1. The van der Waals surface area contributed by atoms with Crippen LogP contribution in [0.25, 0.3) is 0 Å². The van der Waals surface area contributed by atoms with Crippen molar-refractivity contribution in [2.45, 2.75) is 88.5 Å². The highest BCUT2D eigenvalue weighted by atomic mass is 16.7. The van der Waals surface area contributed by atoms with Crippen LogP contribution in [0.4, 0.5) is 5.69 Å². The van der Waals surface area contributed by atoms with E-state index in [1.54, 1.807) is 12.2 Å². The van der Waals surface area contributed by atoms with E-state index in [2.05, 4.69) is 6.92 Å². The number of rotatable bonds is 6. The largest absolute Gasteiger partial charge is 0.399 e. The lowest BCUT2D eigenvalue weighted by Crippen LogP contribution is -2.63. The monoisotopic (exact) mass is 625 g/mol. The normalized spacial score (nSPS) is 40.0. The predicted molar refractivity (Wildman–Crippen MR) is 170 cm³/mol. The zero-order valence-corrected chi connectivity index (χ0v) is 26.4. The number of hydrogen-bond acceptors (Lipinski definition) is 8. The van der Waals surface area contributed by atoms with Crippen molar-refractivity contribution in [3.63, 3.8) is 0 Å². The minimum absolute atomic E-state index is 0.00285. The smallest absolute Gasteiger partial charge is 0.193 e. The minimum atomic E-state index is -1.38. The van der Waals surface area contributed by atoms with Gasteiger partial charge in [0, 0.05) is 28.0 Å². The van der Waals surface area contributed by atoms with Crippen LogP contribution < -0.4 is 5.73 Å². The molecule has 6 aliphatic rings. The molecular weight excluding hydrogens is 582 g/mol. The molecule has 8 heteroatoms. The van der Waals surface area contributed by atoms with Gasteiger partial charge in [-0.15, -0.1) is 0 Å². The molecule has 1 saturated heterocycles. The summed E-state index contributed by atoms with van der Waals surface area (Å²) in [6, 6.07) is 13.8. The second kappa shape index (κ2) is 10.2.